The van der Waals surface area contributed by atoms with E-state index in [0.29, 0.717) is 22.8 Å². The van der Waals surface area contributed by atoms with Crippen molar-refractivity contribution >= 4 is 33.8 Å². The molecule has 146 valence electrons. The second kappa shape index (κ2) is 6.93. The van der Waals surface area contributed by atoms with Crippen LogP contribution in [0.3, 0.4) is 0 Å². The van der Waals surface area contributed by atoms with Crippen molar-refractivity contribution in [3.8, 4) is 11.5 Å². The second-order valence-corrected chi connectivity index (χ2v) is 8.06. The summed E-state index contributed by atoms with van der Waals surface area (Å²) in [4.78, 5) is 25.8. The highest BCUT2D eigenvalue weighted by Crippen LogP contribution is 2.47. The average Bonchev–Trinajstić information content (AvgIpc) is 3.32. The van der Waals surface area contributed by atoms with E-state index in [1.165, 1.54) is 11.3 Å². The number of hydrogen-bond donors (Lipinski definition) is 2. The molecule has 3 aromatic rings. The van der Waals surface area contributed by atoms with Crippen LogP contribution in [0.5, 0.6) is 11.5 Å². The normalized spacial score (nSPS) is 16.9. The maximum absolute atomic E-state index is 12.9. The fourth-order valence-corrected chi connectivity index (χ4v) is 5.03. The molecule has 7 heteroatoms. The third-order valence-corrected chi connectivity index (χ3v) is 6.44. The van der Waals surface area contributed by atoms with Gasteiger partial charge >= 0.3 is 0 Å². The van der Waals surface area contributed by atoms with E-state index in [9.17, 15) is 9.59 Å². The molecule has 29 heavy (non-hydrogen) atoms. The number of carbonyl (C=O) groups excluding carboxylic acids is 2. The summed E-state index contributed by atoms with van der Waals surface area (Å²) < 4.78 is 10.9. The molecule has 2 aliphatic heterocycles. The minimum absolute atomic E-state index is 0.0589. The van der Waals surface area contributed by atoms with Gasteiger partial charge in [-0.1, -0.05) is 24.3 Å². The first kappa shape index (κ1) is 17.8. The molecule has 2 aliphatic rings. The van der Waals surface area contributed by atoms with Gasteiger partial charge in [-0.25, -0.2) is 0 Å². The fraction of sp³-hybridized carbons (Fsp3) is 0.182. The summed E-state index contributed by atoms with van der Waals surface area (Å²) in [7, 11) is 0. The van der Waals surface area contributed by atoms with Crippen molar-refractivity contribution in [1.82, 2.24) is 0 Å². The SMILES string of the molecule is Cc1c(C(=O)Nc2ccccc2)sc2c1[C@H](c1ccc3c(c1)OCO3)CC(=O)N2. The van der Waals surface area contributed by atoms with Crippen LogP contribution in [-0.4, -0.2) is 18.6 Å². The van der Waals surface area contributed by atoms with Gasteiger partial charge in [0, 0.05) is 18.0 Å². The number of nitrogens with one attached hydrogen (secondary N) is 2. The van der Waals surface area contributed by atoms with E-state index < -0.39 is 0 Å². The lowest BCUT2D eigenvalue weighted by Crippen LogP contribution is -2.22. The van der Waals surface area contributed by atoms with Crippen LogP contribution in [0.2, 0.25) is 0 Å². The van der Waals surface area contributed by atoms with Crippen LogP contribution in [0.15, 0.2) is 48.5 Å². The van der Waals surface area contributed by atoms with E-state index in [4.69, 9.17) is 9.47 Å². The monoisotopic (exact) mass is 406 g/mol. The third-order valence-electron chi connectivity index (χ3n) is 5.22. The van der Waals surface area contributed by atoms with E-state index in [1.807, 2.05) is 55.5 Å². The molecule has 2 N–H and O–H groups in total. The predicted molar refractivity (Wildman–Crippen MR) is 111 cm³/mol. The van der Waals surface area contributed by atoms with Crippen molar-refractivity contribution in [1.29, 1.82) is 0 Å². The van der Waals surface area contributed by atoms with Gasteiger partial charge in [0.1, 0.15) is 0 Å². The Kier molecular flexibility index (Phi) is 4.24. The topological polar surface area (TPSA) is 76.7 Å². The molecule has 2 amide bonds. The molecule has 0 fully saturated rings. The van der Waals surface area contributed by atoms with E-state index in [1.54, 1.807) is 0 Å². The Labute approximate surface area is 171 Å². The van der Waals surface area contributed by atoms with Crippen LogP contribution in [0.4, 0.5) is 10.7 Å². The Hall–Kier alpha value is -3.32. The molecule has 0 spiro atoms. The lowest BCUT2D eigenvalue weighted by molar-refractivity contribution is -0.116. The van der Waals surface area contributed by atoms with Crippen molar-refractivity contribution < 1.29 is 19.1 Å². The molecule has 3 heterocycles. The summed E-state index contributed by atoms with van der Waals surface area (Å²) in [6.07, 6.45) is 0.323. The molecule has 1 aromatic heterocycles. The summed E-state index contributed by atoms with van der Waals surface area (Å²) in [5.41, 5.74) is 3.59. The van der Waals surface area contributed by atoms with Crippen LogP contribution in [0.1, 0.15) is 38.7 Å². The minimum atomic E-state index is -0.174. The van der Waals surface area contributed by atoms with Crippen LogP contribution >= 0.6 is 11.3 Å². The van der Waals surface area contributed by atoms with Crippen molar-refractivity contribution in [2.75, 3.05) is 17.4 Å². The molecule has 0 bridgehead atoms. The zero-order chi connectivity index (χ0) is 20.0. The van der Waals surface area contributed by atoms with Gasteiger partial charge in [-0.15, -0.1) is 11.3 Å². The molecule has 0 radical (unpaired) electrons. The number of benzene rings is 2. The van der Waals surface area contributed by atoms with Crippen molar-refractivity contribution in [3.63, 3.8) is 0 Å². The number of anilines is 2. The minimum Gasteiger partial charge on any atom is -0.454 e. The van der Waals surface area contributed by atoms with Crippen molar-refractivity contribution in [3.05, 3.63) is 70.1 Å². The van der Waals surface area contributed by atoms with E-state index in [0.717, 1.165) is 27.4 Å². The van der Waals surface area contributed by atoms with Gasteiger partial charge in [-0.2, -0.15) is 0 Å². The van der Waals surface area contributed by atoms with Gasteiger partial charge < -0.3 is 20.1 Å². The zero-order valence-corrected chi connectivity index (χ0v) is 16.5. The summed E-state index contributed by atoms with van der Waals surface area (Å²) in [6.45, 7) is 2.14. The molecule has 6 nitrogen and oxygen atoms in total. The van der Waals surface area contributed by atoms with Gasteiger partial charge in [0.15, 0.2) is 11.5 Å². The Balaban J connectivity index is 1.52. The summed E-state index contributed by atoms with van der Waals surface area (Å²) >= 11 is 1.32. The smallest absolute Gasteiger partial charge is 0.266 e. The van der Waals surface area contributed by atoms with Gasteiger partial charge in [-0.05, 0) is 47.9 Å². The number of rotatable bonds is 3. The lowest BCUT2D eigenvalue weighted by Gasteiger charge is -2.24. The first-order valence-corrected chi connectivity index (χ1v) is 10.1. The Morgan fingerprint density at radius 2 is 1.93 bits per heavy atom. The molecular weight excluding hydrogens is 388 g/mol. The third kappa shape index (κ3) is 3.13. The molecule has 5 rings (SSSR count). The summed E-state index contributed by atoms with van der Waals surface area (Å²) in [5, 5.41) is 6.60. The largest absolute Gasteiger partial charge is 0.454 e. The van der Waals surface area contributed by atoms with E-state index >= 15 is 0 Å². The Morgan fingerprint density at radius 3 is 2.76 bits per heavy atom. The first-order valence-electron chi connectivity index (χ1n) is 9.29. The molecule has 2 aromatic carbocycles. The molecule has 0 aliphatic carbocycles. The molecule has 0 unspecified atom stereocenters. The highest BCUT2D eigenvalue weighted by atomic mass is 32.1. The average molecular weight is 406 g/mol. The van der Waals surface area contributed by atoms with Gasteiger partial charge in [0.25, 0.3) is 5.91 Å². The highest BCUT2D eigenvalue weighted by molar-refractivity contribution is 7.18. The number of fused-ring (bicyclic) bond motifs is 2. The van der Waals surface area contributed by atoms with Gasteiger partial charge in [-0.3, -0.25) is 9.59 Å². The van der Waals surface area contributed by atoms with E-state index in [2.05, 4.69) is 10.6 Å². The quantitative estimate of drug-likeness (QED) is 0.671. The number of para-hydroxylation sites is 1. The fourth-order valence-electron chi connectivity index (χ4n) is 3.84. The molecule has 0 saturated heterocycles. The van der Waals surface area contributed by atoms with Crippen LogP contribution in [-0.2, 0) is 4.79 Å². The summed E-state index contributed by atoms with van der Waals surface area (Å²) in [6, 6.07) is 15.1. The second-order valence-electron chi connectivity index (χ2n) is 7.04. The number of carbonyl (C=O) groups is 2. The Morgan fingerprint density at radius 1 is 1.14 bits per heavy atom. The predicted octanol–water partition coefficient (Wildman–Crippen LogP) is 4.51. The first-order chi connectivity index (χ1) is 14.1. The van der Waals surface area contributed by atoms with Crippen LogP contribution in [0, 0.1) is 6.92 Å². The molecule has 0 saturated carbocycles. The zero-order valence-electron chi connectivity index (χ0n) is 15.7. The lowest BCUT2D eigenvalue weighted by atomic mass is 9.84. The van der Waals surface area contributed by atoms with Crippen molar-refractivity contribution in [2.24, 2.45) is 0 Å². The van der Waals surface area contributed by atoms with Crippen LogP contribution in [0.25, 0.3) is 0 Å². The number of ether oxygens (including phenoxy) is 2. The van der Waals surface area contributed by atoms with Gasteiger partial charge in [0.2, 0.25) is 12.7 Å². The van der Waals surface area contributed by atoms with Gasteiger partial charge in [0.05, 0.1) is 9.88 Å². The number of hydrogen-bond acceptors (Lipinski definition) is 5. The maximum Gasteiger partial charge on any atom is 0.266 e. The number of thiophene rings is 1. The Bertz CT molecular complexity index is 1120. The summed E-state index contributed by atoms with van der Waals surface area (Å²) in [5.74, 6) is 1.02. The number of amides is 2. The van der Waals surface area contributed by atoms with Crippen LogP contribution < -0.4 is 20.1 Å². The van der Waals surface area contributed by atoms with Crippen molar-refractivity contribution in [2.45, 2.75) is 19.3 Å². The highest BCUT2D eigenvalue weighted by Gasteiger charge is 2.33. The molecule has 1 atom stereocenters. The molecular formula is C22H18N2O4S. The van der Waals surface area contributed by atoms with E-state index in [-0.39, 0.29) is 24.5 Å². The maximum atomic E-state index is 12.9. The standard InChI is InChI=1S/C22H18N2O4S/c1-12-19-15(13-7-8-16-17(9-13)28-11-27-16)10-18(25)24-22(19)29-20(12)21(26)23-14-5-3-2-4-6-14/h2-9,15H,10-11H2,1H3,(H,23,26)(H,24,25)/t15-/m0/s1.